The van der Waals surface area contributed by atoms with Crippen molar-refractivity contribution >= 4 is 5.65 Å². The Bertz CT molecular complexity index is 1390. The zero-order valence-electron chi connectivity index (χ0n) is 18.8. The highest BCUT2D eigenvalue weighted by molar-refractivity contribution is 5.65. The van der Waals surface area contributed by atoms with E-state index in [2.05, 4.69) is 82.1 Å². The number of rotatable bonds is 5. The van der Waals surface area contributed by atoms with E-state index in [1.165, 1.54) is 5.56 Å². The number of nitrogens with zero attached hydrogens (tertiary/aromatic N) is 6. The van der Waals surface area contributed by atoms with Crippen molar-refractivity contribution in [1.82, 2.24) is 29.4 Å². The molecule has 0 bridgehead atoms. The summed E-state index contributed by atoms with van der Waals surface area (Å²) in [6.45, 7) is 6.42. The molecule has 0 aliphatic carbocycles. The van der Waals surface area contributed by atoms with Crippen LogP contribution >= 0.6 is 0 Å². The fourth-order valence-electron chi connectivity index (χ4n) is 4.16. The van der Waals surface area contributed by atoms with Crippen molar-refractivity contribution in [3.63, 3.8) is 0 Å². The molecule has 0 spiro atoms. The maximum Gasteiger partial charge on any atom is 0.177 e. The van der Waals surface area contributed by atoms with E-state index in [0.717, 1.165) is 45.4 Å². The molecule has 0 N–H and O–H groups in total. The second-order valence-electron chi connectivity index (χ2n) is 8.54. The van der Waals surface area contributed by atoms with Crippen LogP contribution in [-0.2, 0) is 13.5 Å². The van der Waals surface area contributed by atoms with E-state index in [-0.39, 0.29) is 0 Å². The molecule has 6 heteroatoms. The third-order valence-corrected chi connectivity index (χ3v) is 5.76. The normalized spacial score (nSPS) is 11.5. The largest absolute Gasteiger partial charge is 0.334 e. The van der Waals surface area contributed by atoms with E-state index in [0.29, 0.717) is 12.3 Å². The number of hydrogen-bond donors (Lipinski definition) is 0. The molecule has 0 atom stereocenters. The molecule has 6 nitrogen and oxygen atoms in total. The maximum atomic E-state index is 4.90. The van der Waals surface area contributed by atoms with Gasteiger partial charge in [-0.05, 0) is 36.1 Å². The quantitative estimate of drug-likeness (QED) is 0.390. The summed E-state index contributed by atoms with van der Waals surface area (Å²) < 4.78 is 3.92. The third kappa shape index (κ3) is 3.68. The highest BCUT2D eigenvalue weighted by Gasteiger charge is 2.13. The number of benzene rings is 2. The Kier molecular flexibility index (Phi) is 5.05. The average Bonchev–Trinajstić information content (AvgIpc) is 3.36. The summed E-state index contributed by atoms with van der Waals surface area (Å²) in [7, 11) is 2.02. The Hall–Kier alpha value is -3.80. The van der Waals surface area contributed by atoms with Gasteiger partial charge in [0.2, 0.25) is 0 Å². The lowest BCUT2D eigenvalue weighted by Gasteiger charge is -2.12. The molecule has 0 aliphatic rings. The van der Waals surface area contributed by atoms with E-state index in [1.54, 1.807) is 0 Å². The first-order valence-electron chi connectivity index (χ1n) is 10.9. The Morgan fingerprint density at radius 2 is 1.69 bits per heavy atom. The van der Waals surface area contributed by atoms with Crippen LogP contribution in [0.5, 0.6) is 0 Å². The van der Waals surface area contributed by atoms with Crippen molar-refractivity contribution in [2.75, 3.05) is 0 Å². The van der Waals surface area contributed by atoms with Gasteiger partial charge in [0.15, 0.2) is 11.5 Å². The predicted octanol–water partition coefficient (Wildman–Crippen LogP) is 5.21. The maximum absolute atomic E-state index is 4.90. The average molecular weight is 423 g/mol. The SMILES string of the molecule is Cc1cn(C)c(-c2ccc(Cc3nnc4ccc(-c5ccccc5C(C)C)nn34)cc2)n1. The van der Waals surface area contributed by atoms with Crippen molar-refractivity contribution < 1.29 is 0 Å². The van der Waals surface area contributed by atoms with Gasteiger partial charge in [0.05, 0.1) is 11.4 Å². The highest BCUT2D eigenvalue weighted by Crippen LogP contribution is 2.28. The number of hydrogen-bond acceptors (Lipinski definition) is 4. The van der Waals surface area contributed by atoms with Gasteiger partial charge in [0.25, 0.3) is 0 Å². The van der Waals surface area contributed by atoms with E-state index < -0.39 is 0 Å². The van der Waals surface area contributed by atoms with Gasteiger partial charge in [-0.1, -0.05) is 62.4 Å². The van der Waals surface area contributed by atoms with Crippen molar-refractivity contribution in [2.45, 2.75) is 33.1 Å². The molecule has 2 aromatic carbocycles. The molecule has 0 saturated carbocycles. The molecule has 0 fully saturated rings. The number of fused-ring (bicyclic) bond motifs is 1. The summed E-state index contributed by atoms with van der Waals surface area (Å²) in [4.78, 5) is 4.61. The first kappa shape index (κ1) is 20.1. The molecule has 5 aromatic rings. The summed E-state index contributed by atoms with van der Waals surface area (Å²) in [6.07, 6.45) is 2.69. The van der Waals surface area contributed by atoms with Crippen LogP contribution in [-0.4, -0.2) is 29.4 Å². The summed E-state index contributed by atoms with van der Waals surface area (Å²) in [5.41, 5.74) is 7.40. The van der Waals surface area contributed by atoms with Crippen molar-refractivity contribution in [3.05, 3.63) is 89.5 Å². The van der Waals surface area contributed by atoms with Gasteiger partial charge in [-0.25, -0.2) is 4.98 Å². The molecular formula is C26H26N6. The second-order valence-corrected chi connectivity index (χ2v) is 8.54. The van der Waals surface area contributed by atoms with Crippen LogP contribution < -0.4 is 0 Å². The van der Waals surface area contributed by atoms with Crippen LogP contribution in [0.2, 0.25) is 0 Å². The molecule has 3 heterocycles. The summed E-state index contributed by atoms with van der Waals surface area (Å²) in [6, 6.07) is 20.9. The molecule has 0 amide bonds. The van der Waals surface area contributed by atoms with E-state index in [9.17, 15) is 0 Å². The van der Waals surface area contributed by atoms with Crippen LogP contribution in [0.4, 0.5) is 0 Å². The molecule has 3 aromatic heterocycles. The molecule has 0 radical (unpaired) electrons. The minimum Gasteiger partial charge on any atom is -0.334 e. The molecule has 0 unspecified atom stereocenters. The van der Waals surface area contributed by atoms with Crippen LogP contribution in [0.25, 0.3) is 28.3 Å². The minimum absolute atomic E-state index is 0.421. The van der Waals surface area contributed by atoms with Gasteiger partial charge >= 0.3 is 0 Å². The Balaban J connectivity index is 1.47. The topological polar surface area (TPSA) is 60.9 Å². The highest BCUT2D eigenvalue weighted by atomic mass is 15.4. The number of aryl methyl sites for hydroxylation is 2. The van der Waals surface area contributed by atoms with Crippen LogP contribution in [0.3, 0.4) is 0 Å². The monoisotopic (exact) mass is 422 g/mol. The van der Waals surface area contributed by atoms with Crippen LogP contribution in [0.15, 0.2) is 66.9 Å². The minimum atomic E-state index is 0.421. The lowest BCUT2D eigenvalue weighted by molar-refractivity contribution is 0.835. The standard InChI is InChI=1S/C26H26N6/c1-17(2)21-7-5-6-8-22(21)23-13-14-24-28-29-25(32(24)30-23)15-19-9-11-20(12-10-19)26-27-18(3)16-31(26)4/h5-14,16-17H,15H2,1-4H3. The van der Waals surface area contributed by atoms with Gasteiger partial charge in [-0.15, -0.1) is 10.2 Å². The zero-order chi connectivity index (χ0) is 22.2. The predicted molar refractivity (Wildman–Crippen MR) is 126 cm³/mol. The van der Waals surface area contributed by atoms with Crippen LogP contribution in [0, 0.1) is 6.92 Å². The van der Waals surface area contributed by atoms with Gasteiger partial charge in [0, 0.05) is 30.8 Å². The first-order chi connectivity index (χ1) is 15.5. The van der Waals surface area contributed by atoms with Gasteiger partial charge in [-0.2, -0.15) is 9.61 Å². The molecule has 0 aliphatic heterocycles. The van der Waals surface area contributed by atoms with E-state index >= 15 is 0 Å². The van der Waals surface area contributed by atoms with E-state index in [4.69, 9.17) is 5.10 Å². The van der Waals surface area contributed by atoms with Crippen molar-refractivity contribution in [3.8, 4) is 22.6 Å². The van der Waals surface area contributed by atoms with Crippen molar-refractivity contribution in [1.29, 1.82) is 0 Å². The fourth-order valence-corrected chi connectivity index (χ4v) is 4.16. The van der Waals surface area contributed by atoms with E-state index in [1.807, 2.05) is 36.8 Å². The number of aromatic nitrogens is 6. The first-order valence-corrected chi connectivity index (χ1v) is 10.9. The molecule has 5 rings (SSSR count). The lowest BCUT2D eigenvalue weighted by Crippen LogP contribution is -2.03. The Labute approximate surface area is 187 Å². The fraction of sp³-hybridized carbons (Fsp3) is 0.231. The summed E-state index contributed by atoms with van der Waals surface area (Å²) in [5.74, 6) is 2.21. The summed E-state index contributed by atoms with van der Waals surface area (Å²) in [5, 5.41) is 13.6. The Morgan fingerprint density at radius 1 is 0.906 bits per heavy atom. The molecule has 160 valence electrons. The van der Waals surface area contributed by atoms with Gasteiger partial charge in [0.1, 0.15) is 5.82 Å². The molecule has 32 heavy (non-hydrogen) atoms. The zero-order valence-corrected chi connectivity index (χ0v) is 18.8. The number of imidazole rings is 1. The lowest BCUT2D eigenvalue weighted by atomic mass is 9.95. The molecular weight excluding hydrogens is 396 g/mol. The Morgan fingerprint density at radius 3 is 2.41 bits per heavy atom. The second kappa shape index (κ2) is 8.04. The van der Waals surface area contributed by atoms with Crippen molar-refractivity contribution in [2.24, 2.45) is 7.05 Å². The smallest absolute Gasteiger partial charge is 0.177 e. The summed E-state index contributed by atoms with van der Waals surface area (Å²) >= 11 is 0. The van der Waals surface area contributed by atoms with Gasteiger partial charge in [-0.3, -0.25) is 0 Å². The van der Waals surface area contributed by atoms with Crippen LogP contribution in [0.1, 0.15) is 42.4 Å². The third-order valence-electron chi connectivity index (χ3n) is 5.76. The molecule has 0 saturated heterocycles. The van der Waals surface area contributed by atoms with Gasteiger partial charge < -0.3 is 4.57 Å².